The lowest BCUT2D eigenvalue weighted by Crippen LogP contribution is -2.35. The van der Waals surface area contributed by atoms with Crippen LogP contribution < -0.4 is 11.2 Å². The summed E-state index contributed by atoms with van der Waals surface area (Å²) < 4.78 is 13.0. The van der Waals surface area contributed by atoms with Gasteiger partial charge >= 0.3 is 5.69 Å². The lowest BCUT2D eigenvalue weighted by Gasteiger charge is -2.17. The van der Waals surface area contributed by atoms with E-state index >= 15 is 0 Å². The highest BCUT2D eigenvalue weighted by Crippen LogP contribution is 2.33. The number of ether oxygens (including phenoxy) is 2. The Morgan fingerprint density at radius 2 is 1.73 bits per heavy atom. The Morgan fingerprint density at radius 3 is 2.46 bits per heavy atom. The quantitative estimate of drug-likeness (QED) is 0.766. The van der Waals surface area contributed by atoms with Gasteiger partial charge in [0.2, 0.25) is 0 Å². The van der Waals surface area contributed by atoms with Crippen LogP contribution in [0.25, 0.3) is 0 Å². The minimum absolute atomic E-state index is 0.0412. The Kier molecular flexibility index (Phi) is 4.51. The van der Waals surface area contributed by atoms with Crippen molar-refractivity contribution in [1.82, 2.24) is 9.55 Å². The summed E-state index contributed by atoms with van der Waals surface area (Å²) in [6, 6.07) is 19.3. The molecule has 1 aromatic heterocycles. The molecule has 0 radical (unpaired) electrons. The summed E-state index contributed by atoms with van der Waals surface area (Å²) in [7, 11) is 0. The fourth-order valence-corrected chi connectivity index (χ4v) is 3.15. The van der Waals surface area contributed by atoms with Crippen molar-refractivity contribution in [1.29, 1.82) is 0 Å². The standard InChI is InChI=1S/C20H18N2O4/c23-19-16-12-26-18(15-9-5-2-6-10-15)17(16)22(20(24)21-19)13-25-11-14-7-3-1-4-8-14/h1-10,18H,11-13H2,(H,21,23,24). The third-order valence-corrected chi connectivity index (χ3v) is 4.42. The molecule has 1 N–H and O–H groups in total. The summed E-state index contributed by atoms with van der Waals surface area (Å²) >= 11 is 0. The predicted octanol–water partition coefficient (Wildman–Crippen LogP) is 2.33. The van der Waals surface area contributed by atoms with Crippen LogP contribution in [0.4, 0.5) is 0 Å². The van der Waals surface area contributed by atoms with Crippen molar-refractivity contribution in [2.45, 2.75) is 26.0 Å². The summed E-state index contributed by atoms with van der Waals surface area (Å²) in [5.74, 6) is 0. The average molecular weight is 350 g/mol. The van der Waals surface area contributed by atoms with Crippen molar-refractivity contribution < 1.29 is 9.47 Å². The van der Waals surface area contributed by atoms with E-state index in [0.29, 0.717) is 17.9 Å². The molecule has 0 saturated carbocycles. The Hall–Kier alpha value is -2.96. The van der Waals surface area contributed by atoms with Crippen LogP contribution in [0, 0.1) is 0 Å². The van der Waals surface area contributed by atoms with Gasteiger partial charge in [0.25, 0.3) is 5.56 Å². The number of nitrogens with zero attached hydrogens (tertiary/aromatic N) is 1. The van der Waals surface area contributed by atoms with E-state index in [2.05, 4.69) is 4.98 Å². The van der Waals surface area contributed by atoms with Crippen LogP contribution in [0.15, 0.2) is 70.3 Å². The van der Waals surface area contributed by atoms with Gasteiger partial charge in [0.05, 0.1) is 24.5 Å². The first-order valence-corrected chi connectivity index (χ1v) is 8.38. The molecule has 0 aliphatic carbocycles. The smallest absolute Gasteiger partial charge is 0.330 e. The largest absolute Gasteiger partial charge is 0.362 e. The van der Waals surface area contributed by atoms with Gasteiger partial charge in [0.1, 0.15) is 12.8 Å². The van der Waals surface area contributed by atoms with Crippen molar-refractivity contribution >= 4 is 0 Å². The molecule has 4 rings (SSSR count). The number of aromatic nitrogens is 2. The van der Waals surface area contributed by atoms with Gasteiger partial charge in [0, 0.05) is 0 Å². The molecule has 1 atom stereocenters. The minimum Gasteiger partial charge on any atom is -0.362 e. The fraction of sp³-hybridized carbons (Fsp3) is 0.200. The lowest BCUT2D eigenvalue weighted by atomic mass is 10.1. The maximum absolute atomic E-state index is 12.4. The summed E-state index contributed by atoms with van der Waals surface area (Å²) in [6.45, 7) is 0.584. The molecule has 1 unspecified atom stereocenters. The molecular weight excluding hydrogens is 332 g/mol. The lowest BCUT2D eigenvalue weighted by molar-refractivity contribution is 0.0499. The zero-order valence-corrected chi connectivity index (χ0v) is 14.1. The highest BCUT2D eigenvalue weighted by Gasteiger charge is 2.31. The first kappa shape index (κ1) is 16.5. The Labute approximate surface area is 149 Å². The molecule has 26 heavy (non-hydrogen) atoms. The van der Waals surface area contributed by atoms with Gasteiger partial charge in [-0.05, 0) is 11.1 Å². The Bertz CT molecular complexity index is 1010. The van der Waals surface area contributed by atoms with Gasteiger partial charge in [-0.2, -0.15) is 0 Å². The Morgan fingerprint density at radius 1 is 1.04 bits per heavy atom. The second-order valence-corrected chi connectivity index (χ2v) is 6.12. The minimum atomic E-state index is -0.492. The Balaban J connectivity index is 1.66. The van der Waals surface area contributed by atoms with Gasteiger partial charge in [-0.15, -0.1) is 0 Å². The van der Waals surface area contributed by atoms with E-state index in [1.54, 1.807) is 0 Å². The molecular formula is C20H18N2O4. The summed E-state index contributed by atoms with van der Waals surface area (Å²) in [5, 5.41) is 0. The van der Waals surface area contributed by atoms with Gasteiger partial charge in [-0.25, -0.2) is 4.79 Å². The second-order valence-electron chi connectivity index (χ2n) is 6.12. The maximum atomic E-state index is 12.4. The van der Waals surface area contributed by atoms with Crippen molar-refractivity contribution in [3.63, 3.8) is 0 Å². The molecule has 3 aromatic rings. The van der Waals surface area contributed by atoms with Crippen molar-refractivity contribution in [2.24, 2.45) is 0 Å². The summed E-state index contributed by atoms with van der Waals surface area (Å²) in [6.07, 6.45) is -0.457. The van der Waals surface area contributed by atoms with Crippen LogP contribution in [-0.2, 0) is 29.4 Å². The van der Waals surface area contributed by atoms with Crippen LogP contribution in [0.1, 0.15) is 28.5 Å². The van der Waals surface area contributed by atoms with Gasteiger partial charge < -0.3 is 9.47 Å². The molecule has 0 bridgehead atoms. The van der Waals surface area contributed by atoms with Crippen LogP contribution in [0.5, 0.6) is 0 Å². The van der Waals surface area contributed by atoms with Crippen molar-refractivity contribution in [2.75, 3.05) is 0 Å². The van der Waals surface area contributed by atoms with Crippen molar-refractivity contribution in [3.8, 4) is 0 Å². The van der Waals surface area contributed by atoms with E-state index in [0.717, 1.165) is 11.1 Å². The number of aromatic amines is 1. The van der Waals surface area contributed by atoms with E-state index in [-0.39, 0.29) is 13.3 Å². The van der Waals surface area contributed by atoms with Gasteiger partial charge in [-0.3, -0.25) is 14.3 Å². The molecule has 0 spiro atoms. The SMILES string of the molecule is O=c1[nH]c(=O)n(COCc2ccccc2)c2c1COC2c1ccccc1. The molecule has 1 aliphatic rings. The number of nitrogens with one attached hydrogen (secondary N) is 1. The third-order valence-electron chi connectivity index (χ3n) is 4.42. The van der Waals surface area contributed by atoms with Gasteiger partial charge in [0.15, 0.2) is 0 Å². The average Bonchev–Trinajstić information content (AvgIpc) is 3.11. The zero-order valence-electron chi connectivity index (χ0n) is 14.1. The van der Waals surface area contributed by atoms with Crippen LogP contribution >= 0.6 is 0 Å². The van der Waals surface area contributed by atoms with Crippen LogP contribution in [0.3, 0.4) is 0 Å². The van der Waals surface area contributed by atoms with Crippen molar-refractivity contribution in [3.05, 3.63) is 104 Å². The first-order valence-electron chi connectivity index (χ1n) is 8.38. The fourth-order valence-electron chi connectivity index (χ4n) is 3.15. The molecule has 2 aromatic carbocycles. The van der Waals surface area contributed by atoms with E-state index < -0.39 is 17.4 Å². The third kappa shape index (κ3) is 3.12. The highest BCUT2D eigenvalue weighted by atomic mass is 16.5. The maximum Gasteiger partial charge on any atom is 0.330 e. The molecule has 0 amide bonds. The second kappa shape index (κ2) is 7.11. The molecule has 132 valence electrons. The molecule has 0 fully saturated rings. The first-order chi connectivity index (χ1) is 12.7. The molecule has 6 nitrogen and oxygen atoms in total. The van der Waals surface area contributed by atoms with Gasteiger partial charge in [-0.1, -0.05) is 60.7 Å². The number of H-pyrrole nitrogens is 1. The topological polar surface area (TPSA) is 73.3 Å². The zero-order chi connectivity index (χ0) is 17.9. The number of rotatable bonds is 5. The highest BCUT2D eigenvalue weighted by molar-refractivity contribution is 5.33. The normalized spacial score (nSPS) is 15.8. The molecule has 1 aliphatic heterocycles. The van der Waals surface area contributed by atoms with E-state index in [1.165, 1.54) is 4.57 Å². The number of hydrogen-bond donors (Lipinski definition) is 1. The molecule has 2 heterocycles. The number of hydrogen-bond acceptors (Lipinski definition) is 4. The molecule has 0 saturated heterocycles. The van der Waals surface area contributed by atoms with Crippen LogP contribution in [0.2, 0.25) is 0 Å². The van der Waals surface area contributed by atoms with E-state index in [9.17, 15) is 9.59 Å². The summed E-state index contributed by atoms with van der Waals surface area (Å²) in [4.78, 5) is 26.9. The van der Waals surface area contributed by atoms with E-state index in [1.807, 2.05) is 60.7 Å². The molecule has 6 heteroatoms. The van der Waals surface area contributed by atoms with Crippen LogP contribution in [-0.4, -0.2) is 9.55 Å². The monoisotopic (exact) mass is 350 g/mol. The summed E-state index contributed by atoms with van der Waals surface area (Å²) in [5.41, 5.74) is 2.06. The predicted molar refractivity (Wildman–Crippen MR) is 95.6 cm³/mol. The van der Waals surface area contributed by atoms with E-state index in [4.69, 9.17) is 9.47 Å². The number of benzene rings is 2. The number of fused-ring (bicyclic) bond motifs is 1.